The van der Waals surface area contributed by atoms with Crippen LogP contribution < -0.4 is 10.1 Å². The van der Waals surface area contributed by atoms with Crippen molar-refractivity contribution in [3.05, 3.63) is 99.8 Å². The fraction of sp³-hybridized carbons (Fsp3) is 0.167. The molecule has 1 N–H and O–H groups in total. The lowest BCUT2D eigenvalue weighted by Crippen LogP contribution is -2.12. The number of carbonyl (C=O) groups excluding carboxylic acids is 1. The number of carbonyl (C=O) groups is 1. The number of nitrogens with zero attached hydrogens (tertiary/aromatic N) is 2. The molecule has 164 valence electrons. The molecule has 0 atom stereocenters. The average molecular weight is 454 g/mol. The molecular weight excluding hydrogens is 433 g/mol. The Kier molecular flexibility index (Phi) is 6.28. The van der Waals surface area contributed by atoms with Gasteiger partial charge in [-0.15, -0.1) is 0 Å². The molecule has 0 saturated heterocycles. The summed E-state index contributed by atoms with van der Waals surface area (Å²) >= 11 is 6.06. The summed E-state index contributed by atoms with van der Waals surface area (Å²) in [5.74, 6) is 1.04. The van der Waals surface area contributed by atoms with Crippen molar-refractivity contribution in [2.75, 3.05) is 5.32 Å². The molecule has 32 heavy (non-hydrogen) atoms. The maximum Gasteiger partial charge on any atom is 0.292 e. The van der Waals surface area contributed by atoms with Crippen molar-refractivity contribution < 1.29 is 18.3 Å². The van der Waals surface area contributed by atoms with E-state index in [-0.39, 0.29) is 12.4 Å². The predicted octanol–water partition coefficient (Wildman–Crippen LogP) is 5.77. The SMILES string of the molecule is Cc1cccc(C)c1OCc1ccc(C(=O)Nc2ccn(Cc3ccc(F)cc3Cl)n2)o1. The van der Waals surface area contributed by atoms with Crippen LogP contribution in [-0.4, -0.2) is 15.7 Å². The molecule has 2 aromatic carbocycles. The second kappa shape index (κ2) is 9.28. The van der Waals surface area contributed by atoms with Gasteiger partial charge in [0.2, 0.25) is 0 Å². The first-order valence-corrected chi connectivity index (χ1v) is 10.3. The Morgan fingerprint density at radius 3 is 2.69 bits per heavy atom. The van der Waals surface area contributed by atoms with E-state index in [9.17, 15) is 9.18 Å². The minimum Gasteiger partial charge on any atom is -0.485 e. The summed E-state index contributed by atoms with van der Waals surface area (Å²) in [7, 11) is 0. The summed E-state index contributed by atoms with van der Waals surface area (Å²) in [6, 6.07) is 15.1. The Balaban J connectivity index is 1.36. The van der Waals surface area contributed by atoms with Crippen LogP contribution in [0.2, 0.25) is 5.02 Å². The number of nitrogens with one attached hydrogen (secondary N) is 1. The van der Waals surface area contributed by atoms with Crippen LogP contribution in [0.3, 0.4) is 0 Å². The number of aryl methyl sites for hydroxylation is 2. The van der Waals surface area contributed by atoms with Gasteiger partial charge in [0.05, 0.1) is 6.54 Å². The number of benzene rings is 2. The lowest BCUT2D eigenvalue weighted by molar-refractivity contribution is 0.0992. The van der Waals surface area contributed by atoms with Gasteiger partial charge >= 0.3 is 0 Å². The van der Waals surface area contributed by atoms with E-state index in [2.05, 4.69) is 10.4 Å². The van der Waals surface area contributed by atoms with Crippen LogP contribution in [-0.2, 0) is 13.2 Å². The first-order valence-electron chi connectivity index (χ1n) is 9.95. The zero-order valence-corrected chi connectivity index (χ0v) is 18.3. The van der Waals surface area contributed by atoms with Gasteiger partial charge in [0.15, 0.2) is 11.6 Å². The highest BCUT2D eigenvalue weighted by Gasteiger charge is 2.14. The number of hydrogen-bond donors (Lipinski definition) is 1. The first kappa shape index (κ1) is 21.6. The van der Waals surface area contributed by atoms with Crippen molar-refractivity contribution in [2.45, 2.75) is 27.0 Å². The highest BCUT2D eigenvalue weighted by Crippen LogP contribution is 2.24. The van der Waals surface area contributed by atoms with Gasteiger partial charge in [-0.3, -0.25) is 9.48 Å². The molecule has 8 heteroatoms. The third-order valence-corrected chi connectivity index (χ3v) is 5.23. The molecule has 4 rings (SSSR count). The van der Waals surface area contributed by atoms with Gasteiger partial charge < -0.3 is 14.5 Å². The van der Waals surface area contributed by atoms with Crippen LogP contribution in [0.15, 0.2) is 65.2 Å². The van der Waals surface area contributed by atoms with E-state index in [1.54, 1.807) is 35.1 Å². The molecule has 0 spiro atoms. The summed E-state index contributed by atoms with van der Waals surface area (Å²) in [6.07, 6.45) is 1.70. The fourth-order valence-corrected chi connectivity index (χ4v) is 3.49. The zero-order chi connectivity index (χ0) is 22.7. The molecule has 0 bridgehead atoms. The minimum absolute atomic E-state index is 0.154. The predicted molar refractivity (Wildman–Crippen MR) is 120 cm³/mol. The van der Waals surface area contributed by atoms with E-state index < -0.39 is 11.7 Å². The molecular formula is C24H21ClFN3O3. The molecule has 0 fully saturated rings. The van der Waals surface area contributed by atoms with Crippen molar-refractivity contribution in [3.63, 3.8) is 0 Å². The van der Waals surface area contributed by atoms with Crippen LogP contribution in [0.5, 0.6) is 5.75 Å². The fourth-order valence-electron chi connectivity index (χ4n) is 3.27. The molecule has 6 nitrogen and oxygen atoms in total. The number of halogens is 2. The molecule has 2 heterocycles. The van der Waals surface area contributed by atoms with E-state index in [0.717, 1.165) is 16.9 Å². The number of anilines is 1. The summed E-state index contributed by atoms with van der Waals surface area (Å²) < 4.78 is 26.3. The Bertz CT molecular complexity index is 1240. The van der Waals surface area contributed by atoms with Crippen LogP contribution in [0.1, 0.15) is 33.0 Å². The molecule has 1 amide bonds. The normalized spacial score (nSPS) is 10.9. The quantitative estimate of drug-likeness (QED) is 0.386. The standard InChI is InChI=1S/C24H21ClFN3O3/c1-15-4-3-5-16(2)23(15)31-14-19-8-9-21(32-19)24(30)27-22-10-11-29(28-22)13-17-6-7-18(26)12-20(17)25/h3-12H,13-14H2,1-2H3,(H,27,28,30). The molecule has 0 saturated carbocycles. The highest BCUT2D eigenvalue weighted by atomic mass is 35.5. The lowest BCUT2D eigenvalue weighted by Gasteiger charge is -2.10. The molecule has 0 radical (unpaired) electrons. The molecule has 0 aliphatic rings. The lowest BCUT2D eigenvalue weighted by atomic mass is 10.1. The second-order valence-electron chi connectivity index (χ2n) is 7.36. The molecule has 0 unspecified atom stereocenters. The maximum absolute atomic E-state index is 13.2. The van der Waals surface area contributed by atoms with E-state index in [4.69, 9.17) is 20.8 Å². The van der Waals surface area contributed by atoms with Crippen LogP contribution >= 0.6 is 11.6 Å². The topological polar surface area (TPSA) is 69.3 Å². The zero-order valence-electron chi connectivity index (χ0n) is 17.6. The highest BCUT2D eigenvalue weighted by molar-refractivity contribution is 6.31. The Hall–Kier alpha value is -3.58. The summed E-state index contributed by atoms with van der Waals surface area (Å²) in [5, 5.41) is 7.31. The molecule has 4 aromatic rings. The third-order valence-electron chi connectivity index (χ3n) is 4.88. The Morgan fingerprint density at radius 1 is 1.16 bits per heavy atom. The van der Waals surface area contributed by atoms with Gasteiger partial charge in [0.1, 0.15) is 23.9 Å². The number of furan rings is 1. The second-order valence-corrected chi connectivity index (χ2v) is 7.77. The van der Waals surface area contributed by atoms with Gasteiger partial charge in [-0.2, -0.15) is 5.10 Å². The minimum atomic E-state index is -0.423. The van der Waals surface area contributed by atoms with Gasteiger partial charge in [-0.05, 0) is 54.8 Å². The molecule has 0 aliphatic heterocycles. The van der Waals surface area contributed by atoms with Crippen molar-refractivity contribution in [1.29, 1.82) is 0 Å². The first-order chi connectivity index (χ1) is 15.4. The van der Waals surface area contributed by atoms with Crippen molar-refractivity contribution in [1.82, 2.24) is 9.78 Å². The van der Waals surface area contributed by atoms with Gasteiger partial charge in [0.25, 0.3) is 5.91 Å². The van der Waals surface area contributed by atoms with E-state index >= 15 is 0 Å². The maximum atomic E-state index is 13.2. The van der Waals surface area contributed by atoms with Gasteiger partial charge in [-0.25, -0.2) is 4.39 Å². The number of para-hydroxylation sites is 1. The van der Waals surface area contributed by atoms with Crippen LogP contribution in [0.25, 0.3) is 0 Å². The summed E-state index contributed by atoms with van der Waals surface area (Å²) in [5.41, 5.74) is 2.78. The van der Waals surface area contributed by atoms with Crippen LogP contribution in [0.4, 0.5) is 10.2 Å². The smallest absolute Gasteiger partial charge is 0.292 e. The van der Waals surface area contributed by atoms with E-state index in [0.29, 0.717) is 28.7 Å². The third kappa shape index (κ3) is 5.00. The largest absolute Gasteiger partial charge is 0.485 e. The van der Waals surface area contributed by atoms with Crippen molar-refractivity contribution in [3.8, 4) is 5.75 Å². The Morgan fingerprint density at radius 2 is 1.94 bits per heavy atom. The van der Waals surface area contributed by atoms with E-state index in [1.165, 1.54) is 12.1 Å². The van der Waals surface area contributed by atoms with Crippen LogP contribution in [0, 0.1) is 19.7 Å². The van der Waals surface area contributed by atoms with Crippen molar-refractivity contribution in [2.24, 2.45) is 0 Å². The van der Waals surface area contributed by atoms with Gasteiger partial charge in [-0.1, -0.05) is 35.9 Å². The number of ether oxygens (including phenoxy) is 1. The van der Waals surface area contributed by atoms with Gasteiger partial charge in [0, 0.05) is 17.3 Å². The van der Waals surface area contributed by atoms with Crippen molar-refractivity contribution >= 4 is 23.3 Å². The summed E-state index contributed by atoms with van der Waals surface area (Å²) in [4.78, 5) is 12.5. The summed E-state index contributed by atoms with van der Waals surface area (Å²) in [6.45, 7) is 4.51. The number of aromatic nitrogens is 2. The number of amides is 1. The molecule has 0 aliphatic carbocycles. The average Bonchev–Trinajstić information content (AvgIpc) is 3.39. The molecule has 2 aromatic heterocycles. The monoisotopic (exact) mass is 453 g/mol. The van der Waals surface area contributed by atoms with E-state index in [1.807, 2.05) is 32.0 Å². The number of rotatable bonds is 7. The number of hydrogen-bond acceptors (Lipinski definition) is 4. The Labute approximate surface area is 189 Å².